The highest BCUT2D eigenvalue weighted by molar-refractivity contribution is 5.64. The molecule has 0 bridgehead atoms. The first kappa shape index (κ1) is 15.6. The van der Waals surface area contributed by atoms with Crippen LogP contribution in [0.1, 0.15) is 49.1 Å². The number of nitriles is 1. The molecule has 1 fully saturated rings. The largest absolute Gasteiger partial charge is 0.192 e. The number of hydrogen-bond acceptors (Lipinski definition) is 1. The van der Waals surface area contributed by atoms with E-state index in [2.05, 4.69) is 43.0 Å². The Hall–Kier alpha value is -2.33. The molecule has 1 nitrogen and oxygen atoms in total. The van der Waals surface area contributed by atoms with Gasteiger partial charge in [0, 0.05) is 0 Å². The first-order valence-corrected chi connectivity index (χ1v) is 8.51. The maximum absolute atomic E-state index is 8.88. The molecule has 3 rings (SSSR count). The molecule has 0 heterocycles. The highest BCUT2D eigenvalue weighted by Gasteiger charge is 2.21. The number of hydrogen-bond donors (Lipinski definition) is 0. The van der Waals surface area contributed by atoms with Crippen molar-refractivity contribution in [2.45, 2.75) is 38.0 Å². The molecule has 1 heteroatoms. The number of benzene rings is 2. The van der Waals surface area contributed by atoms with Crippen molar-refractivity contribution >= 4 is 0 Å². The van der Waals surface area contributed by atoms with Crippen LogP contribution in [0.4, 0.5) is 0 Å². The third kappa shape index (κ3) is 3.71. The Morgan fingerprint density at radius 1 is 0.913 bits per heavy atom. The lowest BCUT2D eigenvalue weighted by atomic mass is 9.77. The standard InChI is InChI=1S/C22H23N/c1-2-3-17-4-8-19(9-5-17)21-12-14-22(15-13-21)20-10-6-18(16-23)7-11-20/h2,6-7,10-15,17,19H,1,3-5,8-9H2/t17-,19-. The van der Waals surface area contributed by atoms with Gasteiger partial charge in [-0.15, -0.1) is 6.58 Å². The molecule has 23 heavy (non-hydrogen) atoms. The average molecular weight is 301 g/mol. The van der Waals surface area contributed by atoms with Crippen LogP contribution in [0.2, 0.25) is 0 Å². The maximum atomic E-state index is 8.88. The Morgan fingerprint density at radius 2 is 1.48 bits per heavy atom. The van der Waals surface area contributed by atoms with Crippen LogP contribution in [-0.4, -0.2) is 0 Å². The van der Waals surface area contributed by atoms with Crippen LogP contribution in [0.3, 0.4) is 0 Å². The zero-order valence-corrected chi connectivity index (χ0v) is 13.5. The van der Waals surface area contributed by atoms with Crippen molar-refractivity contribution in [3.63, 3.8) is 0 Å². The van der Waals surface area contributed by atoms with Gasteiger partial charge in [-0.05, 0) is 72.8 Å². The summed E-state index contributed by atoms with van der Waals surface area (Å²) in [5, 5.41) is 8.88. The summed E-state index contributed by atoms with van der Waals surface area (Å²) in [7, 11) is 0. The summed E-state index contributed by atoms with van der Waals surface area (Å²) in [4.78, 5) is 0. The van der Waals surface area contributed by atoms with Gasteiger partial charge in [-0.2, -0.15) is 5.26 Å². The van der Waals surface area contributed by atoms with Gasteiger partial charge in [0.25, 0.3) is 0 Å². The smallest absolute Gasteiger partial charge is 0.0991 e. The van der Waals surface area contributed by atoms with Crippen LogP contribution >= 0.6 is 0 Å². The highest BCUT2D eigenvalue weighted by atomic mass is 14.3. The predicted octanol–water partition coefficient (Wildman–Crippen LogP) is 6.08. The number of nitrogens with zero attached hydrogens (tertiary/aromatic N) is 1. The second-order valence-electron chi connectivity index (χ2n) is 6.55. The molecule has 0 aliphatic heterocycles. The van der Waals surface area contributed by atoms with E-state index in [-0.39, 0.29) is 0 Å². The molecule has 0 amide bonds. The molecule has 0 aromatic heterocycles. The van der Waals surface area contributed by atoms with Crippen LogP contribution in [0.25, 0.3) is 11.1 Å². The van der Waals surface area contributed by atoms with E-state index < -0.39 is 0 Å². The molecule has 116 valence electrons. The molecule has 2 aromatic carbocycles. The Kier molecular flexibility index (Phi) is 4.93. The molecule has 0 spiro atoms. The molecule has 2 aromatic rings. The van der Waals surface area contributed by atoms with Crippen molar-refractivity contribution in [2.24, 2.45) is 5.92 Å². The third-order valence-corrected chi connectivity index (χ3v) is 5.08. The fourth-order valence-electron chi connectivity index (χ4n) is 3.65. The van der Waals surface area contributed by atoms with E-state index in [0.717, 1.165) is 5.92 Å². The second kappa shape index (κ2) is 7.29. The lowest BCUT2D eigenvalue weighted by molar-refractivity contribution is 0.328. The topological polar surface area (TPSA) is 23.8 Å². The van der Waals surface area contributed by atoms with E-state index in [0.29, 0.717) is 11.5 Å². The molecular formula is C22H23N. The lowest BCUT2D eigenvalue weighted by Crippen LogP contribution is -2.12. The van der Waals surface area contributed by atoms with Gasteiger partial charge >= 0.3 is 0 Å². The van der Waals surface area contributed by atoms with Crippen LogP contribution in [0.15, 0.2) is 61.2 Å². The molecule has 0 unspecified atom stereocenters. The van der Waals surface area contributed by atoms with Crippen molar-refractivity contribution < 1.29 is 0 Å². The fraction of sp³-hybridized carbons (Fsp3) is 0.318. The summed E-state index contributed by atoms with van der Waals surface area (Å²) in [6.45, 7) is 3.86. The molecule has 0 atom stereocenters. The van der Waals surface area contributed by atoms with Gasteiger partial charge in [0.05, 0.1) is 11.6 Å². The first-order valence-electron chi connectivity index (χ1n) is 8.51. The summed E-state index contributed by atoms with van der Waals surface area (Å²) >= 11 is 0. The molecule has 0 saturated heterocycles. The molecule has 0 N–H and O–H groups in total. The van der Waals surface area contributed by atoms with Crippen LogP contribution < -0.4 is 0 Å². The van der Waals surface area contributed by atoms with Crippen molar-refractivity contribution in [3.8, 4) is 17.2 Å². The summed E-state index contributed by atoms with van der Waals surface area (Å²) in [5.74, 6) is 1.56. The van der Waals surface area contributed by atoms with Gasteiger partial charge in [0.15, 0.2) is 0 Å². The minimum absolute atomic E-state index is 0.710. The third-order valence-electron chi connectivity index (χ3n) is 5.08. The van der Waals surface area contributed by atoms with E-state index >= 15 is 0 Å². The van der Waals surface area contributed by atoms with E-state index in [1.165, 1.54) is 48.8 Å². The van der Waals surface area contributed by atoms with Crippen molar-refractivity contribution in [1.82, 2.24) is 0 Å². The SMILES string of the molecule is C=CC[C@H]1CC[C@H](c2ccc(-c3ccc(C#N)cc3)cc2)CC1. The highest BCUT2D eigenvalue weighted by Crippen LogP contribution is 2.37. The predicted molar refractivity (Wildman–Crippen MR) is 96.1 cm³/mol. The van der Waals surface area contributed by atoms with Crippen LogP contribution in [0, 0.1) is 17.2 Å². The zero-order chi connectivity index (χ0) is 16.1. The Balaban J connectivity index is 1.67. The van der Waals surface area contributed by atoms with Gasteiger partial charge in [0.2, 0.25) is 0 Å². The normalized spacial score (nSPS) is 20.7. The Morgan fingerprint density at radius 3 is 2.00 bits per heavy atom. The minimum Gasteiger partial charge on any atom is -0.192 e. The van der Waals surface area contributed by atoms with Gasteiger partial charge in [-0.3, -0.25) is 0 Å². The summed E-state index contributed by atoms with van der Waals surface area (Å²) in [6, 6.07) is 19.0. The van der Waals surface area contributed by atoms with Crippen molar-refractivity contribution in [1.29, 1.82) is 5.26 Å². The van der Waals surface area contributed by atoms with E-state index in [1.807, 2.05) is 24.3 Å². The summed E-state index contributed by atoms with van der Waals surface area (Å²) < 4.78 is 0. The maximum Gasteiger partial charge on any atom is 0.0991 e. The average Bonchev–Trinajstić information content (AvgIpc) is 2.63. The molecule has 1 aliphatic carbocycles. The van der Waals surface area contributed by atoms with E-state index in [4.69, 9.17) is 5.26 Å². The molecule has 1 saturated carbocycles. The molecular weight excluding hydrogens is 278 g/mol. The molecule has 0 radical (unpaired) electrons. The second-order valence-corrected chi connectivity index (χ2v) is 6.55. The van der Waals surface area contributed by atoms with Crippen LogP contribution in [0.5, 0.6) is 0 Å². The van der Waals surface area contributed by atoms with Gasteiger partial charge in [-0.1, -0.05) is 42.5 Å². The van der Waals surface area contributed by atoms with Crippen molar-refractivity contribution in [2.75, 3.05) is 0 Å². The van der Waals surface area contributed by atoms with Gasteiger partial charge in [-0.25, -0.2) is 0 Å². The van der Waals surface area contributed by atoms with E-state index in [1.54, 1.807) is 0 Å². The Labute approximate surface area is 139 Å². The van der Waals surface area contributed by atoms with Gasteiger partial charge in [0.1, 0.15) is 0 Å². The first-order chi connectivity index (χ1) is 11.3. The number of rotatable bonds is 4. The number of allylic oxidation sites excluding steroid dienone is 1. The van der Waals surface area contributed by atoms with Crippen LogP contribution in [-0.2, 0) is 0 Å². The monoisotopic (exact) mass is 301 g/mol. The zero-order valence-electron chi connectivity index (χ0n) is 13.5. The summed E-state index contributed by atoms with van der Waals surface area (Å²) in [6.07, 6.45) is 8.49. The quantitative estimate of drug-likeness (QED) is 0.628. The Bertz CT molecular complexity index is 680. The lowest BCUT2D eigenvalue weighted by Gasteiger charge is -2.28. The van der Waals surface area contributed by atoms with E-state index in [9.17, 15) is 0 Å². The minimum atomic E-state index is 0.710. The molecule has 1 aliphatic rings. The fourth-order valence-corrected chi connectivity index (χ4v) is 3.65. The summed E-state index contributed by atoms with van der Waals surface area (Å²) in [5.41, 5.74) is 4.57. The van der Waals surface area contributed by atoms with Crippen molar-refractivity contribution in [3.05, 3.63) is 72.3 Å². The van der Waals surface area contributed by atoms with Gasteiger partial charge < -0.3 is 0 Å².